The fourth-order valence-electron chi connectivity index (χ4n) is 4.95. The van der Waals surface area contributed by atoms with Crippen molar-refractivity contribution in [1.29, 1.82) is 0 Å². The van der Waals surface area contributed by atoms with Crippen LogP contribution in [0.15, 0.2) is 53.5 Å². The van der Waals surface area contributed by atoms with Crippen LogP contribution >= 0.6 is 22.9 Å². The number of halogens is 1. The van der Waals surface area contributed by atoms with Crippen LogP contribution in [-0.4, -0.2) is 17.1 Å². The van der Waals surface area contributed by atoms with Crippen molar-refractivity contribution in [1.82, 2.24) is 4.98 Å². The molecular formula is C29H30ClN3OS. The number of nitrogens with one attached hydrogen (secondary N) is 2. The quantitative estimate of drug-likeness (QED) is 0.270. The van der Waals surface area contributed by atoms with E-state index in [0.29, 0.717) is 16.5 Å². The molecule has 0 unspecified atom stereocenters. The number of aliphatic imine (C=N–C) groups is 1. The Kier molecular flexibility index (Phi) is 6.32. The SMILES string of the molecule is Cc1[nH]c2ccccc2c1C=Nc1sc2c(c1C(=O)Nc1ccc(Cl)cc1)CC[C@@H](C(C)(C)C)C2. The molecule has 0 radical (unpaired) electrons. The first-order valence-electron chi connectivity index (χ1n) is 12.0. The monoisotopic (exact) mass is 503 g/mol. The number of rotatable bonds is 4. The van der Waals surface area contributed by atoms with Gasteiger partial charge in [0.05, 0.1) is 5.56 Å². The molecule has 0 bridgehead atoms. The number of anilines is 1. The van der Waals surface area contributed by atoms with Crippen molar-refractivity contribution in [3.8, 4) is 0 Å². The zero-order valence-corrected chi connectivity index (χ0v) is 22.1. The van der Waals surface area contributed by atoms with Crippen LogP contribution in [0.25, 0.3) is 10.9 Å². The molecule has 5 rings (SSSR count). The third-order valence-electron chi connectivity index (χ3n) is 7.05. The van der Waals surface area contributed by atoms with E-state index in [4.69, 9.17) is 16.6 Å². The minimum absolute atomic E-state index is 0.109. The average molecular weight is 504 g/mol. The van der Waals surface area contributed by atoms with Crippen LogP contribution in [0.3, 0.4) is 0 Å². The number of hydrogen-bond acceptors (Lipinski definition) is 3. The Bertz CT molecular complexity index is 1420. The highest BCUT2D eigenvalue weighted by molar-refractivity contribution is 7.16. The molecule has 4 nitrogen and oxygen atoms in total. The normalized spacial score (nSPS) is 16.1. The maximum absolute atomic E-state index is 13.6. The molecule has 1 aliphatic carbocycles. The molecule has 1 aliphatic rings. The van der Waals surface area contributed by atoms with Gasteiger partial charge in [0.2, 0.25) is 0 Å². The van der Waals surface area contributed by atoms with Crippen molar-refractivity contribution in [3.63, 3.8) is 0 Å². The molecule has 0 spiro atoms. The minimum Gasteiger partial charge on any atom is -0.358 e. The summed E-state index contributed by atoms with van der Waals surface area (Å²) in [6, 6.07) is 15.5. The third-order valence-corrected chi connectivity index (χ3v) is 8.47. The number of aromatic nitrogens is 1. The van der Waals surface area contributed by atoms with E-state index in [0.717, 1.165) is 57.7 Å². The van der Waals surface area contributed by atoms with Gasteiger partial charge in [0, 0.05) is 44.0 Å². The van der Waals surface area contributed by atoms with Crippen molar-refractivity contribution in [2.45, 2.75) is 47.0 Å². The van der Waals surface area contributed by atoms with Gasteiger partial charge in [0.15, 0.2) is 0 Å². The van der Waals surface area contributed by atoms with Crippen LogP contribution in [0, 0.1) is 18.3 Å². The first-order chi connectivity index (χ1) is 16.7. The van der Waals surface area contributed by atoms with E-state index in [1.54, 1.807) is 23.5 Å². The lowest BCUT2D eigenvalue weighted by Gasteiger charge is -2.33. The summed E-state index contributed by atoms with van der Waals surface area (Å²) in [6.07, 6.45) is 4.88. The van der Waals surface area contributed by atoms with Gasteiger partial charge < -0.3 is 10.3 Å². The third kappa shape index (κ3) is 4.80. The lowest BCUT2D eigenvalue weighted by Crippen LogP contribution is -2.27. The molecule has 0 aliphatic heterocycles. The summed E-state index contributed by atoms with van der Waals surface area (Å²) < 4.78 is 0. The number of nitrogens with zero attached hydrogens (tertiary/aromatic N) is 1. The van der Waals surface area contributed by atoms with Crippen LogP contribution in [0.5, 0.6) is 0 Å². The highest BCUT2D eigenvalue weighted by atomic mass is 35.5. The number of thiophene rings is 1. The highest BCUT2D eigenvalue weighted by Gasteiger charge is 2.33. The van der Waals surface area contributed by atoms with Crippen LogP contribution in [0.1, 0.15) is 59.2 Å². The van der Waals surface area contributed by atoms with Gasteiger partial charge in [0.25, 0.3) is 5.91 Å². The highest BCUT2D eigenvalue weighted by Crippen LogP contribution is 2.45. The Labute approximate surface area is 215 Å². The Morgan fingerprint density at radius 3 is 2.66 bits per heavy atom. The van der Waals surface area contributed by atoms with E-state index < -0.39 is 0 Å². The van der Waals surface area contributed by atoms with E-state index in [2.05, 4.69) is 50.1 Å². The van der Waals surface area contributed by atoms with Gasteiger partial charge in [-0.15, -0.1) is 11.3 Å². The number of fused-ring (bicyclic) bond motifs is 2. The van der Waals surface area contributed by atoms with Gasteiger partial charge in [-0.05, 0) is 73.4 Å². The molecular weight excluding hydrogens is 474 g/mol. The van der Waals surface area contributed by atoms with Crippen molar-refractivity contribution < 1.29 is 4.79 Å². The molecule has 0 saturated carbocycles. The van der Waals surface area contributed by atoms with E-state index in [1.807, 2.05) is 30.5 Å². The Hall–Kier alpha value is -2.89. The number of carbonyl (C=O) groups excluding carboxylic acids is 1. The zero-order valence-electron chi connectivity index (χ0n) is 20.5. The van der Waals surface area contributed by atoms with E-state index in [1.165, 1.54) is 4.88 Å². The molecule has 180 valence electrons. The van der Waals surface area contributed by atoms with Gasteiger partial charge in [0.1, 0.15) is 5.00 Å². The summed E-state index contributed by atoms with van der Waals surface area (Å²) >= 11 is 7.70. The van der Waals surface area contributed by atoms with Crippen molar-refractivity contribution >= 4 is 56.7 Å². The van der Waals surface area contributed by atoms with Gasteiger partial charge in [-0.3, -0.25) is 4.79 Å². The average Bonchev–Trinajstić information content (AvgIpc) is 3.34. The molecule has 0 fully saturated rings. The van der Waals surface area contributed by atoms with Crippen molar-refractivity contribution in [2.75, 3.05) is 5.32 Å². The Morgan fingerprint density at radius 1 is 1.17 bits per heavy atom. The fraction of sp³-hybridized carbons (Fsp3) is 0.310. The summed E-state index contributed by atoms with van der Waals surface area (Å²) in [5, 5.41) is 5.62. The Balaban J connectivity index is 1.54. The van der Waals surface area contributed by atoms with Gasteiger partial charge in [-0.1, -0.05) is 50.6 Å². The number of para-hydroxylation sites is 1. The lowest BCUT2D eigenvalue weighted by molar-refractivity contribution is 0.102. The number of aryl methyl sites for hydroxylation is 1. The predicted octanol–water partition coefficient (Wildman–Crippen LogP) is 8.35. The summed E-state index contributed by atoms with van der Waals surface area (Å²) in [7, 11) is 0. The van der Waals surface area contributed by atoms with Gasteiger partial charge in [-0.2, -0.15) is 0 Å². The molecule has 2 aromatic carbocycles. The van der Waals surface area contributed by atoms with Crippen LogP contribution in [0.4, 0.5) is 10.7 Å². The Morgan fingerprint density at radius 2 is 1.91 bits per heavy atom. The number of hydrogen-bond donors (Lipinski definition) is 2. The number of carbonyl (C=O) groups is 1. The number of amides is 1. The van der Waals surface area contributed by atoms with Crippen molar-refractivity contribution in [2.24, 2.45) is 16.3 Å². The van der Waals surface area contributed by atoms with E-state index in [9.17, 15) is 4.79 Å². The second kappa shape index (κ2) is 9.29. The van der Waals surface area contributed by atoms with Crippen molar-refractivity contribution in [3.05, 3.63) is 80.8 Å². The molecule has 4 aromatic rings. The minimum atomic E-state index is -0.109. The summed E-state index contributed by atoms with van der Waals surface area (Å²) in [5.41, 5.74) is 6.04. The molecule has 6 heteroatoms. The van der Waals surface area contributed by atoms with Gasteiger partial charge >= 0.3 is 0 Å². The fourth-order valence-corrected chi connectivity index (χ4v) is 6.35. The van der Waals surface area contributed by atoms with E-state index >= 15 is 0 Å². The maximum atomic E-state index is 13.6. The van der Waals surface area contributed by atoms with Crippen LogP contribution in [0.2, 0.25) is 5.02 Å². The zero-order chi connectivity index (χ0) is 24.7. The summed E-state index contributed by atoms with van der Waals surface area (Å²) in [4.78, 5) is 23.2. The van der Waals surface area contributed by atoms with Gasteiger partial charge in [-0.25, -0.2) is 4.99 Å². The topological polar surface area (TPSA) is 57.2 Å². The second-order valence-corrected chi connectivity index (χ2v) is 11.9. The number of aromatic amines is 1. The molecule has 2 aromatic heterocycles. The molecule has 35 heavy (non-hydrogen) atoms. The largest absolute Gasteiger partial charge is 0.358 e. The molecule has 1 atom stereocenters. The maximum Gasteiger partial charge on any atom is 0.259 e. The molecule has 0 saturated heterocycles. The standard InChI is InChI=1S/C29H30ClN3OS/c1-17-23(21-7-5-6-8-24(21)32-17)16-31-28-26(27(34)33-20-12-10-19(30)11-13-20)22-14-9-18(29(2,3)4)15-25(22)35-28/h5-8,10-13,16,18,32H,9,14-15H2,1-4H3,(H,33,34)/t18-/m1/s1. The predicted molar refractivity (Wildman–Crippen MR) is 149 cm³/mol. The van der Waals surface area contributed by atoms with Crippen LogP contribution < -0.4 is 5.32 Å². The van der Waals surface area contributed by atoms with Crippen LogP contribution in [-0.2, 0) is 12.8 Å². The number of H-pyrrole nitrogens is 1. The lowest BCUT2D eigenvalue weighted by atomic mass is 9.72. The molecule has 2 N–H and O–H groups in total. The first-order valence-corrected chi connectivity index (χ1v) is 13.2. The van der Waals surface area contributed by atoms with E-state index in [-0.39, 0.29) is 11.3 Å². The summed E-state index contributed by atoms with van der Waals surface area (Å²) in [5.74, 6) is 0.482. The smallest absolute Gasteiger partial charge is 0.259 e. The number of benzene rings is 2. The first kappa shape index (κ1) is 23.8. The molecule has 1 amide bonds. The summed E-state index contributed by atoms with van der Waals surface area (Å²) in [6.45, 7) is 8.98. The molecule has 2 heterocycles. The second-order valence-electron chi connectivity index (χ2n) is 10.4.